The number of imidazole rings is 1. The topological polar surface area (TPSA) is 130 Å². The second-order valence-electron chi connectivity index (χ2n) is 7.40. The predicted octanol–water partition coefficient (Wildman–Crippen LogP) is 2.59. The summed E-state index contributed by atoms with van der Waals surface area (Å²) in [5.41, 5.74) is 5.69. The summed E-state index contributed by atoms with van der Waals surface area (Å²) in [6.07, 6.45) is 2.14. The standard InChI is InChI=1S/C21H20N6O3/c22-20-25-17-16(23-12-24-17)18(26-20)27-9-7-21(8-10-27,19(28)29)30-15-6-5-13-3-1-2-4-14(13)11-15/h1-6,11-12H,7-10H2,(H,28,29)(H3,22,23,24,25,26). The lowest BCUT2D eigenvalue weighted by Crippen LogP contribution is -2.53. The van der Waals surface area contributed by atoms with Crippen LogP contribution in [0, 0.1) is 0 Å². The van der Waals surface area contributed by atoms with Crippen LogP contribution in [0.25, 0.3) is 21.9 Å². The minimum atomic E-state index is -1.30. The van der Waals surface area contributed by atoms with Gasteiger partial charge in [0.2, 0.25) is 11.5 Å². The Morgan fingerprint density at radius 1 is 1.13 bits per heavy atom. The van der Waals surface area contributed by atoms with Gasteiger partial charge in [-0.05, 0) is 22.9 Å². The van der Waals surface area contributed by atoms with Gasteiger partial charge in [0.05, 0.1) is 6.33 Å². The second kappa shape index (κ2) is 6.87. The Morgan fingerprint density at radius 3 is 2.67 bits per heavy atom. The fraction of sp³-hybridized carbons (Fsp3) is 0.238. The van der Waals surface area contributed by atoms with E-state index in [2.05, 4.69) is 19.9 Å². The summed E-state index contributed by atoms with van der Waals surface area (Å²) in [5.74, 6) is 0.336. The molecule has 1 saturated heterocycles. The number of carbonyl (C=O) groups is 1. The van der Waals surface area contributed by atoms with Gasteiger partial charge in [0.25, 0.3) is 0 Å². The first-order valence-corrected chi connectivity index (χ1v) is 9.67. The lowest BCUT2D eigenvalue weighted by molar-refractivity contribution is -0.157. The van der Waals surface area contributed by atoms with Crippen LogP contribution in [0.2, 0.25) is 0 Å². The fourth-order valence-corrected chi connectivity index (χ4v) is 3.96. The van der Waals surface area contributed by atoms with E-state index in [1.54, 1.807) is 0 Å². The number of aliphatic carboxylic acids is 1. The molecule has 1 aliphatic rings. The van der Waals surface area contributed by atoms with Crippen molar-refractivity contribution in [2.24, 2.45) is 0 Å². The number of nitrogens with one attached hydrogen (secondary N) is 1. The maximum Gasteiger partial charge on any atom is 0.348 e. The summed E-state index contributed by atoms with van der Waals surface area (Å²) < 4.78 is 6.09. The van der Waals surface area contributed by atoms with Gasteiger partial charge in [0.1, 0.15) is 11.3 Å². The van der Waals surface area contributed by atoms with Crippen LogP contribution in [0.4, 0.5) is 11.8 Å². The average Bonchev–Trinajstić information content (AvgIpc) is 3.22. The molecule has 3 heterocycles. The van der Waals surface area contributed by atoms with Crippen molar-refractivity contribution in [3.8, 4) is 5.75 Å². The number of H-pyrrole nitrogens is 1. The van der Waals surface area contributed by atoms with Gasteiger partial charge in [0.15, 0.2) is 11.5 Å². The van der Waals surface area contributed by atoms with Crippen molar-refractivity contribution in [3.63, 3.8) is 0 Å². The summed E-state index contributed by atoms with van der Waals surface area (Å²) in [7, 11) is 0. The van der Waals surface area contributed by atoms with Crippen LogP contribution in [0.15, 0.2) is 48.8 Å². The predicted molar refractivity (Wildman–Crippen MR) is 112 cm³/mol. The van der Waals surface area contributed by atoms with E-state index in [4.69, 9.17) is 10.5 Å². The molecule has 0 atom stereocenters. The minimum absolute atomic E-state index is 0.132. The van der Waals surface area contributed by atoms with Gasteiger partial charge in [-0.2, -0.15) is 9.97 Å². The number of piperidine rings is 1. The molecule has 0 aliphatic carbocycles. The summed E-state index contributed by atoms with van der Waals surface area (Å²) in [6, 6.07) is 13.5. The second-order valence-corrected chi connectivity index (χ2v) is 7.40. The van der Waals surface area contributed by atoms with Crippen LogP contribution in [0.5, 0.6) is 5.75 Å². The molecule has 0 radical (unpaired) electrons. The molecule has 0 bridgehead atoms. The van der Waals surface area contributed by atoms with Crippen LogP contribution in [-0.2, 0) is 4.79 Å². The molecule has 1 fully saturated rings. The van der Waals surface area contributed by atoms with Crippen molar-refractivity contribution in [1.29, 1.82) is 0 Å². The highest BCUT2D eigenvalue weighted by atomic mass is 16.5. The zero-order valence-corrected chi connectivity index (χ0v) is 16.1. The molecule has 9 nitrogen and oxygen atoms in total. The van der Waals surface area contributed by atoms with E-state index in [0.717, 1.165) is 10.8 Å². The summed E-state index contributed by atoms with van der Waals surface area (Å²) in [5, 5.41) is 12.1. The van der Waals surface area contributed by atoms with Crippen LogP contribution in [0.3, 0.4) is 0 Å². The molecule has 152 valence electrons. The van der Waals surface area contributed by atoms with Crippen molar-refractivity contribution < 1.29 is 14.6 Å². The van der Waals surface area contributed by atoms with Crippen molar-refractivity contribution in [2.45, 2.75) is 18.4 Å². The highest BCUT2D eigenvalue weighted by Crippen LogP contribution is 2.33. The Balaban J connectivity index is 1.41. The molecule has 4 aromatic rings. The van der Waals surface area contributed by atoms with Crippen LogP contribution >= 0.6 is 0 Å². The Hall–Kier alpha value is -3.88. The van der Waals surface area contributed by atoms with Gasteiger partial charge >= 0.3 is 5.97 Å². The van der Waals surface area contributed by atoms with E-state index >= 15 is 0 Å². The number of nitrogens with zero attached hydrogens (tertiary/aromatic N) is 4. The molecule has 30 heavy (non-hydrogen) atoms. The number of hydrogen-bond donors (Lipinski definition) is 3. The molecule has 4 N–H and O–H groups in total. The first-order chi connectivity index (χ1) is 14.5. The fourth-order valence-electron chi connectivity index (χ4n) is 3.96. The van der Waals surface area contributed by atoms with E-state index in [1.165, 1.54) is 6.33 Å². The number of rotatable bonds is 4. The van der Waals surface area contributed by atoms with Crippen LogP contribution in [0.1, 0.15) is 12.8 Å². The third kappa shape index (κ3) is 3.04. The molecule has 0 amide bonds. The quantitative estimate of drug-likeness (QED) is 0.473. The number of carboxylic acid groups (broad SMARTS) is 1. The summed E-state index contributed by atoms with van der Waals surface area (Å²) in [4.78, 5) is 29.8. The largest absolute Gasteiger partial charge is 0.478 e. The maximum atomic E-state index is 12.2. The first-order valence-electron chi connectivity index (χ1n) is 9.67. The maximum absolute atomic E-state index is 12.2. The normalized spacial score (nSPS) is 16.1. The molecule has 0 saturated carbocycles. The lowest BCUT2D eigenvalue weighted by atomic mass is 9.91. The molecule has 2 aromatic carbocycles. The zero-order chi connectivity index (χ0) is 20.7. The van der Waals surface area contributed by atoms with Crippen LogP contribution < -0.4 is 15.4 Å². The minimum Gasteiger partial charge on any atom is -0.478 e. The van der Waals surface area contributed by atoms with Crippen molar-refractivity contribution in [3.05, 3.63) is 48.8 Å². The Kier molecular flexibility index (Phi) is 4.16. The zero-order valence-electron chi connectivity index (χ0n) is 16.1. The molecular weight excluding hydrogens is 384 g/mol. The molecule has 0 spiro atoms. The number of nitrogen functional groups attached to an aromatic ring is 1. The van der Waals surface area contributed by atoms with Gasteiger partial charge in [-0.1, -0.05) is 30.3 Å². The molecule has 1 aliphatic heterocycles. The smallest absolute Gasteiger partial charge is 0.348 e. The van der Waals surface area contributed by atoms with Gasteiger partial charge in [-0.15, -0.1) is 0 Å². The molecular formula is C21H20N6O3. The number of ether oxygens (including phenoxy) is 1. The van der Waals surface area contributed by atoms with Gasteiger partial charge < -0.3 is 25.5 Å². The average molecular weight is 404 g/mol. The van der Waals surface area contributed by atoms with Crippen molar-refractivity contribution in [1.82, 2.24) is 19.9 Å². The van der Waals surface area contributed by atoms with E-state index in [1.807, 2.05) is 47.4 Å². The van der Waals surface area contributed by atoms with Gasteiger partial charge in [0, 0.05) is 25.9 Å². The number of carboxylic acids is 1. The number of fused-ring (bicyclic) bond motifs is 2. The van der Waals surface area contributed by atoms with Gasteiger partial charge in [-0.3, -0.25) is 0 Å². The van der Waals surface area contributed by atoms with E-state index in [9.17, 15) is 9.90 Å². The van der Waals surface area contributed by atoms with Crippen molar-refractivity contribution in [2.75, 3.05) is 23.7 Å². The van der Waals surface area contributed by atoms with E-state index < -0.39 is 11.6 Å². The Morgan fingerprint density at radius 2 is 1.90 bits per heavy atom. The van der Waals surface area contributed by atoms with Crippen LogP contribution in [-0.4, -0.2) is 49.7 Å². The number of aromatic amines is 1. The third-order valence-electron chi connectivity index (χ3n) is 5.58. The number of aromatic nitrogens is 4. The summed E-state index contributed by atoms with van der Waals surface area (Å²) >= 11 is 0. The van der Waals surface area contributed by atoms with E-state index in [0.29, 0.717) is 48.7 Å². The number of nitrogens with two attached hydrogens (primary N) is 1. The Bertz CT molecular complexity index is 1250. The molecule has 5 rings (SSSR count). The highest BCUT2D eigenvalue weighted by molar-refractivity contribution is 5.86. The SMILES string of the molecule is Nc1nc(N2CCC(Oc3ccc4ccccc4c3)(C(=O)O)CC2)c2[nH]cnc2n1. The Labute approximate surface area is 171 Å². The third-order valence-corrected chi connectivity index (χ3v) is 5.58. The summed E-state index contributed by atoms with van der Waals surface area (Å²) in [6.45, 7) is 0.898. The molecule has 2 aromatic heterocycles. The number of anilines is 2. The number of hydrogen-bond acceptors (Lipinski definition) is 7. The molecule has 9 heteroatoms. The lowest BCUT2D eigenvalue weighted by Gasteiger charge is -2.39. The monoisotopic (exact) mass is 404 g/mol. The first kappa shape index (κ1) is 18.2. The van der Waals surface area contributed by atoms with E-state index in [-0.39, 0.29) is 5.95 Å². The highest BCUT2D eigenvalue weighted by Gasteiger charge is 2.44. The molecule has 0 unspecified atom stereocenters. The number of benzene rings is 2. The van der Waals surface area contributed by atoms with Gasteiger partial charge in [-0.25, -0.2) is 9.78 Å². The van der Waals surface area contributed by atoms with Crippen molar-refractivity contribution >= 4 is 39.7 Å².